The summed E-state index contributed by atoms with van der Waals surface area (Å²) in [6.07, 6.45) is 0. The van der Waals surface area contributed by atoms with Crippen LogP contribution in [-0.2, 0) is 4.79 Å². The zero-order valence-corrected chi connectivity index (χ0v) is 20.4. The normalized spacial score (nSPS) is 13.3. The summed E-state index contributed by atoms with van der Waals surface area (Å²) < 4.78 is 10.7. The average Bonchev–Trinajstić information content (AvgIpc) is 2.89. The molecule has 4 rings (SSSR count). The van der Waals surface area contributed by atoms with Gasteiger partial charge in [-0.05, 0) is 67.4 Å². The van der Waals surface area contributed by atoms with Crippen LogP contribution < -0.4 is 19.7 Å². The number of ether oxygens (including phenoxy) is 2. The first-order valence-electron chi connectivity index (χ1n) is 11.7. The molecule has 0 unspecified atom stereocenters. The van der Waals surface area contributed by atoms with Gasteiger partial charge in [-0.15, -0.1) is 0 Å². The Bertz CT molecular complexity index is 1190. The van der Waals surface area contributed by atoms with Crippen molar-refractivity contribution in [2.24, 2.45) is 0 Å². The van der Waals surface area contributed by atoms with Gasteiger partial charge in [0.15, 0.2) is 6.61 Å². The Morgan fingerprint density at radius 1 is 0.886 bits per heavy atom. The fourth-order valence-electron chi connectivity index (χ4n) is 4.15. The summed E-state index contributed by atoms with van der Waals surface area (Å²) in [4.78, 5) is 29.4. The predicted octanol–water partition coefficient (Wildman–Crippen LogP) is 4.29. The highest BCUT2D eigenvalue weighted by Gasteiger charge is 2.23. The minimum absolute atomic E-state index is 0.00734. The van der Waals surface area contributed by atoms with E-state index in [0.29, 0.717) is 35.8 Å². The molecule has 7 nitrogen and oxygen atoms in total. The van der Waals surface area contributed by atoms with Crippen LogP contribution in [0.4, 0.5) is 11.4 Å². The molecule has 0 atom stereocenters. The van der Waals surface area contributed by atoms with Gasteiger partial charge in [0.25, 0.3) is 11.8 Å². The predicted molar refractivity (Wildman–Crippen MR) is 138 cm³/mol. The lowest BCUT2D eigenvalue weighted by Gasteiger charge is -2.37. The fourth-order valence-corrected chi connectivity index (χ4v) is 4.15. The molecule has 0 aliphatic carbocycles. The Kier molecular flexibility index (Phi) is 7.55. The zero-order valence-electron chi connectivity index (χ0n) is 20.4. The van der Waals surface area contributed by atoms with Gasteiger partial charge in [0.1, 0.15) is 11.5 Å². The molecule has 7 heteroatoms. The Morgan fingerprint density at radius 3 is 2.31 bits per heavy atom. The SMILES string of the molecule is COc1cccc(NC(=O)COc2ccc(C(=O)N3CCN(c4cccc(C)c4C)CC3)cc2)c1. The van der Waals surface area contributed by atoms with Crippen LogP contribution in [0.2, 0.25) is 0 Å². The lowest BCUT2D eigenvalue weighted by atomic mass is 10.1. The lowest BCUT2D eigenvalue weighted by Crippen LogP contribution is -2.49. The summed E-state index contributed by atoms with van der Waals surface area (Å²) in [5.41, 5.74) is 5.06. The Labute approximate surface area is 206 Å². The number of piperazine rings is 1. The van der Waals surface area contributed by atoms with Gasteiger partial charge in [0.2, 0.25) is 0 Å². The molecule has 3 aromatic carbocycles. The van der Waals surface area contributed by atoms with Gasteiger partial charge in [-0.2, -0.15) is 0 Å². The first kappa shape index (κ1) is 24.1. The molecular weight excluding hydrogens is 442 g/mol. The summed E-state index contributed by atoms with van der Waals surface area (Å²) >= 11 is 0. The molecule has 182 valence electrons. The third kappa shape index (κ3) is 5.93. The zero-order chi connectivity index (χ0) is 24.8. The second kappa shape index (κ2) is 11.0. The van der Waals surface area contributed by atoms with Crippen LogP contribution in [0.25, 0.3) is 0 Å². The van der Waals surface area contributed by atoms with Crippen LogP contribution in [0.5, 0.6) is 11.5 Å². The van der Waals surface area contributed by atoms with Gasteiger partial charge in [-0.3, -0.25) is 9.59 Å². The van der Waals surface area contributed by atoms with Gasteiger partial charge in [-0.1, -0.05) is 18.2 Å². The highest BCUT2D eigenvalue weighted by molar-refractivity contribution is 5.94. The van der Waals surface area contributed by atoms with Crippen molar-refractivity contribution in [3.8, 4) is 11.5 Å². The highest BCUT2D eigenvalue weighted by atomic mass is 16.5. The first-order valence-corrected chi connectivity index (χ1v) is 11.7. The molecule has 3 aromatic rings. The quantitative estimate of drug-likeness (QED) is 0.554. The van der Waals surface area contributed by atoms with E-state index in [1.807, 2.05) is 4.90 Å². The Morgan fingerprint density at radius 2 is 1.60 bits per heavy atom. The Hall–Kier alpha value is -4.00. The molecule has 0 radical (unpaired) electrons. The van der Waals surface area contributed by atoms with E-state index in [-0.39, 0.29) is 18.4 Å². The number of hydrogen-bond donors (Lipinski definition) is 1. The smallest absolute Gasteiger partial charge is 0.262 e. The maximum atomic E-state index is 13.0. The molecule has 0 spiro atoms. The molecule has 1 aliphatic heterocycles. The largest absolute Gasteiger partial charge is 0.497 e. The number of carbonyl (C=O) groups is 2. The van der Waals surface area contributed by atoms with Gasteiger partial charge in [0, 0.05) is 49.2 Å². The van der Waals surface area contributed by atoms with Gasteiger partial charge in [-0.25, -0.2) is 0 Å². The third-order valence-corrected chi connectivity index (χ3v) is 6.31. The van der Waals surface area contributed by atoms with E-state index >= 15 is 0 Å². The number of benzene rings is 3. The van der Waals surface area contributed by atoms with Crippen molar-refractivity contribution in [2.75, 3.05) is 50.1 Å². The molecule has 1 N–H and O–H groups in total. The van der Waals surface area contributed by atoms with E-state index in [0.717, 1.165) is 13.1 Å². The van der Waals surface area contributed by atoms with E-state index < -0.39 is 0 Å². The summed E-state index contributed by atoms with van der Waals surface area (Å²) in [7, 11) is 1.57. The van der Waals surface area contributed by atoms with E-state index in [2.05, 4.69) is 42.3 Å². The van der Waals surface area contributed by atoms with Crippen LogP contribution in [0.3, 0.4) is 0 Å². The molecule has 1 fully saturated rings. The van der Waals surface area contributed by atoms with Crippen molar-refractivity contribution >= 4 is 23.2 Å². The molecule has 35 heavy (non-hydrogen) atoms. The molecule has 0 saturated carbocycles. The van der Waals surface area contributed by atoms with Gasteiger partial charge in [0.05, 0.1) is 7.11 Å². The number of rotatable bonds is 7. The number of amides is 2. The van der Waals surface area contributed by atoms with E-state index in [9.17, 15) is 9.59 Å². The standard InChI is InChI=1S/C28H31N3O4/c1-20-6-4-9-26(21(20)2)30-14-16-31(17-15-30)28(33)22-10-12-24(13-11-22)35-19-27(32)29-23-7-5-8-25(18-23)34-3/h4-13,18H,14-17,19H2,1-3H3,(H,29,32). The van der Waals surface area contributed by atoms with Crippen molar-refractivity contribution in [3.05, 3.63) is 83.4 Å². The fraction of sp³-hybridized carbons (Fsp3) is 0.286. The van der Waals surface area contributed by atoms with E-state index in [1.54, 1.807) is 55.6 Å². The summed E-state index contributed by atoms with van der Waals surface area (Å²) in [5.74, 6) is 0.922. The van der Waals surface area contributed by atoms with E-state index in [4.69, 9.17) is 9.47 Å². The molecule has 0 aromatic heterocycles. The summed E-state index contributed by atoms with van der Waals surface area (Å²) in [5, 5.41) is 2.77. The van der Waals surface area contributed by atoms with Crippen LogP contribution >= 0.6 is 0 Å². The minimum Gasteiger partial charge on any atom is -0.497 e. The molecule has 1 saturated heterocycles. The van der Waals surface area contributed by atoms with E-state index in [1.165, 1.54) is 16.8 Å². The van der Waals surface area contributed by atoms with Crippen LogP contribution in [-0.4, -0.2) is 56.6 Å². The lowest BCUT2D eigenvalue weighted by molar-refractivity contribution is -0.118. The topological polar surface area (TPSA) is 71.1 Å². The van der Waals surface area contributed by atoms with Crippen molar-refractivity contribution in [2.45, 2.75) is 13.8 Å². The van der Waals surface area contributed by atoms with Gasteiger partial charge >= 0.3 is 0 Å². The van der Waals surface area contributed by atoms with Crippen molar-refractivity contribution in [1.29, 1.82) is 0 Å². The molecule has 1 aliphatic rings. The van der Waals surface area contributed by atoms with Gasteiger partial charge < -0.3 is 24.6 Å². The molecular formula is C28H31N3O4. The second-order valence-electron chi connectivity index (χ2n) is 8.59. The number of nitrogens with one attached hydrogen (secondary N) is 1. The number of nitrogens with zero attached hydrogens (tertiary/aromatic N) is 2. The molecule has 1 heterocycles. The number of aryl methyl sites for hydroxylation is 1. The van der Waals surface area contributed by atoms with Crippen LogP contribution in [0, 0.1) is 13.8 Å². The summed E-state index contributed by atoms with van der Waals surface area (Å²) in [6, 6.07) is 20.4. The van der Waals surface area contributed by atoms with Crippen molar-refractivity contribution in [3.63, 3.8) is 0 Å². The second-order valence-corrected chi connectivity index (χ2v) is 8.59. The average molecular weight is 474 g/mol. The monoisotopic (exact) mass is 473 g/mol. The number of carbonyl (C=O) groups excluding carboxylic acids is 2. The minimum atomic E-state index is -0.278. The first-order chi connectivity index (χ1) is 16.9. The van der Waals surface area contributed by atoms with Crippen LogP contribution in [0.15, 0.2) is 66.7 Å². The maximum absolute atomic E-state index is 13.0. The Balaban J connectivity index is 1.27. The molecule has 2 amide bonds. The summed E-state index contributed by atoms with van der Waals surface area (Å²) in [6.45, 7) is 7.10. The number of hydrogen-bond acceptors (Lipinski definition) is 5. The maximum Gasteiger partial charge on any atom is 0.262 e. The van der Waals surface area contributed by atoms with Crippen molar-refractivity contribution < 1.29 is 19.1 Å². The number of methoxy groups -OCH3 is 1. The van der Waals surface area contributed by atoms with Crippen molar-refractivity contribution in [1.82, 2.24) is 4.90 Å². The number of anilines is 2. The third-order valence-electron chi connectivity index (χ3n) is 6.31. The van der Waals surface area contributed by atoms with Crippen LogP contribution in [0.1, 0.15) is 21.5 Å². The highest BCUT2D eigenvalue weighted by Crippen LogP contribution is 2.24. The molecule has 0 bridgehead atoms.